The van der Waals surface area contributed by atoms with Crippen molar-refractivity contribution in [2.45, 2.75) is 19.7 Å². The summed E-state index contributed by atoms with van der Waals surface area (Å²) in [4.78, 5) is 8.78. The van der Waals surface area contributed by atoms with Crippen molar-refractivity contribution in [3.63, 3.8) is 0 Å². The van der Waals surface area contributed by atoms with Gasteiger partial charge in [0.15, 0.2) is 0 Å². The second-order valence-corrected chi connectivity index (χ2v) is 11.3. The number of hydrogen-bond acceptors (Lipinski definition) is 4. The molecule has 0 aliphatic carbocycles. The topological polar surface area (TPSA) is 52.1 Å². The average molecular weight is 792 g/mol. The smallest absolute Gasteiger partial charge is 0.143 e. The summed E-state index contributed by atoms with van der Waals surface area (Å²) in [7, 11) is 0. The third-order valence-corrected chi connectivity index (χ3v) is 8.23. The molecule has 0 N–H and O–H groups in total. The van der Waals surface area contributed by atoms with Crippen molar-refractivity contribution < 1.29 is 34.7 Å². The van der Waals surface area contributed by atoms with E-state index in [1.807, 2.05) is 105 Å². The van der Waals surface area contributed by atoms with Gasteiger partial charge in [0.05, 0.1) is 5.58 Å². The zero-order valence-electron chi connectivity index (χ0n) is 26.5. The summed E-state index contributed by atoms with van der Waals surface area (Å²) in [6, 6.07) is 40.5. The first-order valence-electron chi connectivity index (χ1n) is 15.5. The maximum atomic E-state index is 13.8. The third-order valence-electron chi connectivity index (χ3n) is 8.23. The van der Waals surface area contributed by atoms with Crippen LogP contribution in [0.3, 0.4) is 0 Å². The van der Waals surface area contributed by atoms with Gasteiger partial charge in [-0.1, -0.05) is 54.6 Å². The Bertz CT molecular complexity index is 2540. The number of halogens is 1. The molecule has 4 nitrogen and oxygen atoms in total. The molecule has 0 amide bonds. The Morgan fingerprint density at radius 1 is 0.638 bits per heavy atom. The van der Waals surface area contributed by atoms with Crippen molar-refractivity contribution in [2.75, 3.05) is 0 Å². The Kier molecular flexibility index (Phi) is 7.82. The van der Waals surface area contributed by atoms with Crippen LogP contribution in [0.5, 0.6) is 0 Å². The Labute approximate surface area is 285 Å². The maximum absolute atomic E-state index is 13.8. The van der Waals surface area contributed by atoms with E-state index in [0.29, 0.717) is 16.7 Å². The minimum Gasteiger partial charge on any atom is -0.500 e. The summed E-state index contributed by atoms with van der Waals surface area (Å²) < 4.78 is 34.8. The van der Waals surface area contributed by atoms with Crippen LogP contribution < -0.4 is 0 Å². The zero-order chi connectivity index (χ0) is 32.1. The van der Waals surface area contributed by atoms with Crippen LogP contribution >= 0.6 is 0 Å². The van der Waals surface area contributed by atoms with Crippen LogP contribution in [0.15, 0.2) is 130 Å². The van der Waals surface area contributed by atoms with Crippen molar-refractivity contribution in [3.8, 4) is 22.5 Å². The van der Waals surface area contributed by atoms with E-state index in [-0.39, 0.29) is 25.9 Å². The van der Waals surface area contributed by atoms with Gasteiger partial charge in [-0.25, -0.2) is 4.39 Å². The Morgan fingerprint density at radius 2 is 1.32 bits per heavy atom. The maximum Gasteiger partial charge on any atom is 0.143 e. The van der Waals surface area contributed by atoms with E-state index in [9.17, 15) is 4.39 Å². The molecule has 1 radical (unpaired) electrons. The molecule has 0 aliphatic rings. The standard InChI is InChI=1S/C30H19FNO2.C11H8N.Ir/c1-16(2)17-12-13-32-26(14-17)25-5-3-4-20-22-10-11-23-24(29(22)34-30(20)25)9-8-21-19-7-6-18(31)15-27(19)33-28(21)23;1-2-6-10(7-3-1)11-8-4-5-9-12-11;/h3-4,6-16H,1-2H3;1-6,8-9H;/q2*-1;/i16D;;. The second-order valence-electron chi connectivity index (χ2n) is 11.3. The number of furan rings is 2. The molecule has 4 heterocycles. The number of aromatic nitrogens is 2. The van der Waals surface area contributed by atoms with Crippen LogP contribution in [0.2, 0.25) is 0 Å². The normalized spacial score (nSPS) is 11.9. The number of pyridine rings is 2. The molecule has 0 aliphatic heterocycles. The monoisotopic (exact) mass is 792 g/mol. The van der Waals surface area contributed by atoms with E-state index in [1.54, 1.807) is 18.5 Å². The summed E-state index contributed by atoms with van der Waals surface area (Å²) in [5.41, 5.74) is 7.06. The molecule has 0 spiro atoms. The predicted octanol–water partition coefficient (Wildman–Crippen LogP) is 11.3. The third kappa shape index (κ3) is 5.50. The molecular weight excluding hydrogens is 764 g/mol. The largest absolute Gasteiger partial charge is 0.500 e. The number of nitrogens with zero attached hydrogens (tertiary/aromatic N) is 2. The molecule has 9 rings (SSSR count). The van der Waals surface area contributed by atoms with Crippen molar-refractivity contribution >= 4 is 54.6 Å². The second kappa shape index (κ2) is 12.6. The first-order chi connectivity index (χ1) is 22.8. The fourth-order valence-electron chi connectivity index (χ4n) is 5.96. The quantitative estimate of drug-likeness (QED) is 0.167. The van der Waals surface area contributed by atoms with Crippen LogP contribution in [-0.4, -0.2) is 9.97 Å². The van der Waals surface area contributed by atoms with Crippen LogP contribution in [-0.2, 0) is 20.1 Å². The molecule has 0 fully saturated rings. The molecule has 5 aromatic carbocycles. The first kappa shape index (κ1) is 29.3. The van der Waals surface area contributed by atoms with E-state index in [1.165, 1.54) is 12.1 Å². The Balaban J connectivity index is 0.000000237. The molecule has 47 heavy (non-hydrogen) atoms. The van der Waals surface area contributed by atoms with Gasteiger partial charge in [-0.2, -0.15) is 0 Å². The summed E-state index contributed by atoms with van der Waals surface area (Å²) in [5, 5.41) is 5.61. The van der Waals surface area contributed by atoms with Crippen molar-refractivity contribution in [3.05, 3.63) is 145 Å². The van der Waals surface area contributed by atoms with Crippen molar-refractivity contribution in [1.29, 1.82) is 0 Å². The SMILES string of the molecule is [2H]C(C)(C)c1ccnc(-c2[c-]ccc3c2oc2c3ccc3c2ccc2c4ccc(F)cc4oc23)c1.[Ir].[c-]1ccccc1-c1ccccn1. The van der Waals surface area contributed by atoms with Crippen molar-refractivity contribution in [1.82, 2.24) is 9.97 Å². The van der Waals surface area contributed by atoms with Gasteiger partial charge in [0.25, 0.3) is 0 Å². The first-order valence-corrected chi connectivity index (χ1v) is 15.0. The number of hydrogen-bond donors (Lipinski definition) is 0. The molecule has 9 aromatic rings. The number of fused-ring (bicyclic) bond motifs is 9. The van der Waals surface area contributed by atoms with Crippen LogP contribution in [0.1, 0.15) is 26.7 Å². The van der Waals surface area contributed by atoms with Crippen LogP contribution in [0.25, 0.3) is 77.2 Å². The molecule has 0 atom stereocenters. The summed E-state index contributed by atoms with van der Waals surface area (Å²) in [6.07, 6.45) is 3.52. The Morgan fingerprint density at radius 3 is 2.02 bits per heavy atom. The van der Waals surface area contributed by atoms with Gasteiger partial charge < -0.3 is 18.8 Å². The van der Waals surface area contributed by atoms with E-state index in [2.05, 4.69) is 22.1 Å². The fraction of sp³-hybridized carbons (Fsp3) is 0.0732. The minimum absolute atomic E-state index is 0. The van der Waals surface area contributed by atoms with Crippen molar-refractivity contribution in [2.24, 2.45) is 0 Å². The molecule has 0 saturated heterocycles. The minimum atomic E-state index is -0.740. The van der Waals surface area contributed by atoms with E-state index in [4.69, 9.17) is 10.2 Å². The van der Waals surface area contributed by atoms with E-state index >= 15 is 0 Å². The van der Waals surface area contributed by atoms with Gasteiger partial charge in [0.2, 0.25) is 0 Å². The summed E-state index contributed by atoms with van der Waals surface area (Å²) in [6.45, 7) is 3.72. The van der Waals surface area contributed by atoms with Gasteiger partial charge in [-0.3, -0.25) is 0 Å². The average Bonchev–Trinajstić information content (AvgIpc) is 3.67. The van der Waals surface area contributed by atoms with Gasteiger partial charge >= 0.3 is 0 Å². The van der Waals surface area contributed by atoms with Crippen LogP contribution in [0, 0.1) is 17.9 Å². The summed E-state index contributed by atoms with van der Waals surface area (Å²) in [5.74, 6) is -1.06. The summed E-state index contributed by atoms with van der Waals surface area (Å²) >= 11 is 0. The predicted molar refractivity (Wildman–Crippen MR) is 183 cm³/mol. The fourth-order valence-corrected chi connectivity index (χ4v) is 5.96. The van der Waals surface area contributed by atoms with Gasteiger partial charge in [-0.15, -0.1) is 54.1 Å². The molecule has 6 heteroatoms. The molecular formula is C41H27FIrN2O2-2. The van der Waals surface area contributed by atoms with Gasteiger partial charge in [0.1, 0.15) is 22.6 Å². The number of rotatable bonds is 3. The molecule has 231 valence electrons. The molecule has 0 unspecified atom stereocenters. The van der Waals surface area contributed by atoms with E-state index < -0.39 is 5.89 Å². The molecule has 0 saturated carbocycles. The molecule has 0 bridgehead atoms. The van der Waals surface area contributed by atoms with Crippen LogP contribution in [0.4, 0.5) is 4.39 Å². The number of benzene rings is 5. The molecule has 4 aromatic heterocycles. The van der Waals surface area contributed by atoms with E-state index in [0.717, 1.165) is 66.0 Å². The van der Waals surface area contributed by atoms with Gasteiger partial charge in [-0.05, 0) is 59.7 Å². The Hall–Kier alpha value is -5.16. The van der Waals surface area contributed by atoms with Gasteiger partial charge in [0, 0.05) is 66.9 Å². The zero-order valence-corrected chi connectivity index (χ0v) is 27.9.